The standard InChI is InChI=1S/C16H17N3O2/c1-2-8-18-15(20)11-21-16-13(10-17)9-12-6-4-3-5-7-14(12)19-16/h1,9H,3-8,11H2,(H,18,20). The zero-order valence-electron chi connectivity index (χ0n) is 11.8. The number of amides is 1. The average Bonchev–Trinajstić information content (AvgIpc) is 2.74. The Labute approximate surface area is 124 Å². The summed E-state index contributed by atoms with van der Waals surface area (Å²) >= 11 is 0. The first-order valence-corrected chi connectivity index (χ1v) is 7.00. The second kappa shape index (κ2) is 7.31. The van der Waals surface area contributed by atoms with Gasteiger partial charge in [-0.15, -0.1) is 6.42 Å². The molecule has 1 aromatic heterocycles. The molecule has 1 heterocycles. The van der Waals surface area contributed by atoms with Gasteiger partial charge in [0.15, 0.2) is 6.61 Å². The molecule has 0 saturated carbocycles. The van der Waals surface area contributed by atoms with E-state index in [0.29, 0.717) is 5.56 Å². The molecule has 21 heavy (non-hydrogen) atoms. The Bertz CT molecular complexity index is 611. The molecule has 5 heteroatoms. The minimum Gasteiger partial charge on any atom is -0.467 e. The molecule has 0 spiro atoms. The summed E-state index contributed by atoms with van der Waals surface area (Å²) in [5, 5.41) is 11.7. The minimum absolute atomic E-state index is 0.158. The van der Waals surface area contributed by atoms with Crippen molar-refractivity contribution in [3.63, 3.8) is 0 Å². The van der Waals surface area contributed by atoms with E-state index >= 15 is 0 Å². The molecule has 1 aliphatic rings. The van der Waals surface area contributed by atoms with Gasteiger partial charge in [-0.05, 0) is 37.3 Å². The molecule has 108 valence electrons. The van der Waals surface area contributed by atoms with Crippen LogP contribution in [0.4, 0.5) is 0 Å². The van der Waals surface area contributed by atoms with Crippen LogP contribution in [0.5, 0.6) is 5.88 Å². The molecule has 0 unspecified atom stereocenters. The predicted octanol–water partition coefficient (Wildman–Crippen LogP) is 1.35. The van der Waals surface area contributed by atoms with Crippen molar-refractivity contribution in [1.82, 2.24) is 10.3 Å². The van der Waals surface area contributed by atoms with Crippen molar-refractivity contribution in [2.24, 2.45) is 0 Å². The van der Waals surface area contributed by atoms with Gasteiger partial charge in [0, 0.05) is 5.69 Å². The summed E-state index contributed by atoms with van der Waals surface area (Å²) in [7, 11) is 0. The van der Waals surface area contributed by atoms with Crippen LogP contribution in [0.1, 0.15) is 36.1 Å². The molecule has 5 nitrogen and oxygen atoms in total. The number of terminal acetylenes is 1. The Hall–Kier alpha value is -2.53. The highest BCUT2D eigenvalue weighted by molar-refractivity contribution is 5.77. The summed E-state index contributed by atoms with van der Waals surface area (Å²) in [6, 6.07) is 3.92. The van der Waals surface area contributed by atoms with Gasteiger partial charge >= 0.3 is 0 Å². The maximum Gasteiger partial charge on any atom is 0.258 e. The zero-order chi connectivity index (χ0) is 15.1. The van der Waals surface area contributed by atoms with E-state index in [-0.39, 0.29) is 24.9 Å². The van der Waals surface area contributed by atoms with Gasteiger partial charge in [-0.3, -0.25) is 4.79 Å². The third kappa shape index (κ3) is 3.97. The van der Waals surface area contributed by atoms with Crippen molar-refractivity contribution in [2.75, 3.05) is 13.2 Å². The molecular weight excluding hydrogens is 266 g/mol. The predicted molar refractivity (Wildman–Crippen MR) is 77.5 cm³/mol. The fourth-order valence-electron chi connectivity index (χ4n) is 2.32. The third-order valence-electron chi connectivity index (χ3n) is 3.36. The first-order chi connectivity index (χ1) is 10.2. The second-order valence-corrected chi connectivity index (χ2v) is 4.89. The van der Waals surface area contributed by atoms with Crippen molar-refractivity contribution >= 4 is 5.91 Å². The Balaban J connectivity index is 2.12. The van der Waals surface area contributed by atoms with Crippen LogP contribution in [0.15, 0.2) is 6.07 Å². The summed E-state index contributed by atoms with van der Waals surface area (Å²) in [6.45, 7) is -0.0347. The highest BCUT2D eigenvalue weighted by Gasteiger charge is 2.15. The van der Waals surface area contributed by atoms with Gasteiger partial charge in [0.05, 0.1) is 6.54 Å². The van der Waals surface area contributed by atoms with Crippen molar-refractivity contribution in [3.8, 4) is 24.3 Å². The van der Waals surface area contributed by atoms with E-state index in [0.717, 1.165) is 36.9 Å². The second-order valence-electron chi connectivity index (χ2n) is 4.89. The highest BCUT2D eigenvalue weighted by atomic mass is 16.5. The van der Waals surface area contributed by atoms with E-state index in [1.165, 1.54) is 6.42 Å². The number of pyridine rings is 1. The van der Waals surface area contributed by atoms with Crippen LogP contribution in [-0.2, 0) is 17.6 Å². The monoisotopic (exact) mass is 283 g/mol. The van der Waals surface area contributed by atoms with Crippen molar-refractivity contribution in [2.45, 2.75) is 32.1 Å². The van der Waals surface area contributed by atoms with Crippen LogP contribution in [-0.4, -0.2) is 24.0 Å². The highest BCUT2D eigenvalue weighted by Crippen LogP contribution is 2.25. The zero-order valence-corrected chi connectivity index (χ0v) is 11.8. The smallest absolute Gasteiger partial charge is 0.258 e. The first kappa shape index (κ1) is 14.9. The first-order valence-electron chi connectivity index (χ1n) is 7.00. The molecule has 0 aliphatic heterocycles. The van der Waals surface area contributed by atoms with Gasteiger partial charge in [0.25, 0.3) is 5.91 Å². The molecule has 2 rings (SSSR count). The molecular formula is C16H17N3O2. The molecule has 0 saturated heterocycles. The Morgan fingerprint density at radius 3 is 3.00 bits per heavy atom. The number of ether oxygens (including phenoxy) is 1. The van der Waals surface area contributed by atoms with Gasteiger partial charge in [-0.2, -0.15) is 5.26 Å². The number of aryl methyl sites for hydroxylation is 2. The van der Waals surface area contributed by atoms with Gasteiger partial charge in [-0.25, -0.2) is 4.98 Å². The molecule has 1 aliphatic carbocycles. The van der Waals surface area contributed by atoms with Gasteiger partial charge in [0.2, 0.25) is 5.88 Å². The average molecular weight is 283 g/mol. The minimum atomic E-state index is -0.325. The fourth-order valence-corrected chi connectivity index (χ4v) is 2.32. The summed E-state index contributed by atoms with van der Waals surface area (Å²) in [4.78, 5) is 15.9. The number of nitrogens with zero attached hydrogens (tertiary/aromatic N) is 2. The third-order valence-corrected chi connectivity index (χ3v) is 3.36. The largest absolute Gasteiger partial charge is 0.467 e. The van der Waals surface area contributed by atoms with Crippen LogP contribution in [0, 0.1) is 23.7 Å². The molecule has 0 bridgehead atoms. The lowest BCUT2D eigenvalue weighted by Crippen LogP contribution is -2.29. The van der Waals surface area contributed by atoms with Crippen molar-refractivity contribution < 1.29 is 9.53 Å². The molecule has 0 atom stereocenters. The topological polar surface area (TPSA) is 75.0 Å². The summed E-state index contributed by atoms with van der Waals surface area (Å²) in [5.74, 6) is 2.22. The van der Waals surface area contributed by atoms with Crippen molar-refractivity contribution in [1.29, 1.82) is 5.26 Å². The SMILES string of the molecule is C#CCNC(=O)COc1nc2c(cc1C#N)CCCCC2. The van der Waals surface area contributed by atoms with E-state index in [1.54, 1.807) is 0 Å². The van der Waals surface area contributed by atoms with Crippen LogP contribution in [0.3, 0.4) is 0 Å². The number of nitrogens with one attached hydrogen (secondary N) is 1. The normalized spacial score (nSPS) is 13.2. The maximum atomic E-state index is 11.5. The number of carbonyl (C=O) groups is 1. The van der Waals surface area contributed by atoms with E-state index in [4.69, 9.17) is 11.2 Å². The lowest BCUT2D eigenvalue weighted by Gasteiger charge is -2.11. The van der Waals surface area contributed by atoms with Gasteiger partial charge in [-0.1, -0.05) is 12.3 Å². The molecule has 1 N–H and O–H groups in total. The molecule has 0 fully saturated rings. The quantitative estimate of drug-likeness (QED) is 0.668. The van der Waals surface area contributed by atoms with E-state index in [2.05, 4.69) is 22.3 Å². The molecule has 0 radical (unpaired) electrons. The number of rotatable bonds is 4. The molecule has 1 amide bonds. The maximum absolute atomic E-state index is 11.5. The Morgan fingerprint density at radius 1 is 1.43 bits per heavy atom. The molecule has 0 aromatic carbocycles. The van der Waals surface area contributed by atoms with Crippen LogP contribution in [0.2, 0.25) is 0 Å². The Kier molecular flexibility index (Phi) is 5.17. The Morgan fingerprint density at radius 2 is 2.24 bits per heavy atom. The number of hydrogen-bond acceptors (Lipinski definition) is 4. The van der Waals surface area contributed by atoms with Gasteiger partial charge < -0.3 is 10.1 Å². The number of fused-ring (bicyclic) bond motifs is 1. The number of carbonyl (C=O) groups excluding carboxylic acids is 1. The number of hydrogen-bond donors (Lipinski definition) is 1. The van der Waals surface area contributed by atoms with Gasteiger partial charge in [0.1, 0.15) is 11.6 Å². The lowest BCUT2D eigenvalue weighted by molar-refractivity contribution is -0.122. The van der Waals surface area contributed by atoms with Crippen LogP contribution >= 0.6 is 0 Å². The van der Waals surface area contributed by atoms with E-state index < -0.39 is 0 Å². The van der Waals surface area contributed by atoms with Crippen LogP contribution in [0.25, 0.3) is 0 Å². The number of nitriles is 1. The fraction of sp³-hybridized carbons (Fsp3) is 0.438. The van der Waals surface area contributed by atoms with Crippen LogP contribution < -0.4 is 10.1 Å². The molecule has 1 aromatic rings. The summed E-state index contributed by atoms with van der Waals surface area (Å²) in [5.41, 5.74) is 2.47. The lowest BCUT2D eigenvalue weighted by atomic mass is 10.1. The van der Waals surface area contributed by atoms with Crippen molar-refractivity contribution in [3.05, 3.63) is 22.9 Å². The van der Waals surface area contributed by atoms with E-state index in [9.17, 15) is 10.1 Å². The summed E-state index contributed by atoms with van der Waals surface area (Å²) < 4.78 is 5.38. The van der Waals surface area contributed by atoms with E-state index in [1.807, 2.05) is 6.07 Å². The number of aromatic nitrogens is 1. The summed E-state index contributed by atoms with van der Waals surface area (Å²) in [6.07, 6.45) is 10.3.